The zero-order valence-electron chi connectivity index (χ0n) is 62.1. The summed E-state index contributed by atoms with van der Waals surface area (Å²) in [6, 6.07) is 67.1. The average molecular weight is 1510 g/mol. The van der Waals surface area contributed by atoms with Crippen molar-refractivity contribution in [2.24, 2.45) is 17.6 Å². The third-order valence-electron chi connectivity index (χ3n) is 17.5. The fourth-order valence-corrected chi connectivity index (χ4v) is 13.6. The van der Waals surface area contributed by atoms with E-state index in [0.717, 1.165) is 66.5 Å². The third-order valence-corrected chi connectivity index (χ3v) is 18.9. The van der Waals surface area contributed by atoms with Crippen LogP contribution >= 0.6 is 32.4 Å². The highest BCUT2D eigenvalue weighted by Crippen LogP contribution is 2.47. The maximum atomic E-state index is 13.6. The van der Waals surface area contributed by atoms with Gasteiger partial charge in [0.1, 0.15) is 65.0 Å². The number of ether oxygens (including phenoxy) is 4. The van der Waals surface area contributed by atoms with E-state index >= 15 is 0 Å². The van der Waals surface area contributed by atoms with Crippen LogP contribution in [0.1, 0.15) is 144 Å². The largest absolute Gasteiger partial charge is 0.508 e. The number of hydrogen-bond acceptors (Lipinski definition) is 13. The highest BCUT2D eigenvalue weighted by molar-refractivity contribution is 7.27. The number of phenols is 2. The molecule has 20 heteroatoms. The summed E-state index contributed by atoms with van der Waals surface area (Å²) in [4.78, 5) is 74.1. The van der Waals surface area contributed by atoms with Crippen molar-refractivity contribution in [1.82, 2.24) is 16.0 Å². The van der Waals surface area contributed by atoms with Crippen LogP contribution in [-0.4, -0.2) is 99.9 Å². The molecule has 562 valence electrons. The van der Waals surface area contributed by atoms with E-state index in [-0.39, 0.29) is 61.3 Å². The summed E-state index contributed by atoms with van der Waals surface area (Å²) in [5, 5.41) is 38.2. The van der Waals surface area contributed by atoms with Gasteiger partial charge in [0.25, 0.3) is 0 Å². The molecule has 0 aromatic heterocycles. The predicted octanol–water partition coefficient (Wildman–Crippen LogP) is 16.7. The molecule has 6 atom stereocenters. The van der Waals surface area contributed by atoms with Gasteiger partial charge in [-0.15, -0.1) is 20.8 Å². The smallest absolute Gasteiger partial charge is 0.407 e. The van der Waals surface area contributed by atoms with Crippen LogP contribution < -0.4 is 27.0 Å². The highest BCUT2D eigenvalue weighted by Gasteiger charge is 2.37. The summed E-state index contributed by atoms with van der Waals surface area (Å²) in [5.74, 6) is -2.05. The van der Waals surface area contributed by atoms with Gasteiger partial charge >= 0.3 is 30.1 Å². The Hall–Kier alpha value is -10.0. The zero-order valence-corrected chi connectivity index (χ0v) is 64.7. The lowest BCUT2D eigenvalue weighted by molar-refractivity contribution is -0.159. The summed E-state index contributed by atoms with van der Waals surface area (Å²) >= 11 is 13.6. The minimum absolute atomic E-state index is 0.0831. The normalized spacial score (nSPS) is 13.7. The van der Waals surface area contributed by atoms with E-state index in [2.05, 4.69) is 37.3 Å². The van der Waals surface area contributed by atoms with Crippen molar-refractivity contribution in [2.45, 2.75) is 147 Å². The number of carboxylic acid groups (broad SMARTS) is 1. The lowest BCUT2D eigenvalue weighted by Crippen LogP contribution is -2.53. The van der Waals surface area contributed by atoms with Gasteiger partial charge in [-0.2, -0.15) is 0 Å². The van der Waals surface area contributed by atoms with Gasteiger partial charge in [-0.1, -0.05) is 233 Å². The Balaban J connectivity index is 0.000000194. The Labute approximate surface area is 640 Å². The van der Waals surface area contributed by atoms with Gasteiger partial charge in [-0.05, 0) is 169 Å². The number of amides is 3. The molecular weight excluding hydrogens is 1410 g/mol. The fraction of sp³-hybridized carbons (Fsp3) is 0.310. The number of carbonyl (C=O) groups is 6. The van der Waals surface area contributed by atoms with Gasteiger partial charge in [0.05, 0.1) is 0 Å². The number of halogens is 2. The van der Waals surface area contributed by atoms with E-state index in [9.17, 15) is 44.1 Å². The molecule has 0 saturated carbocycles. The quantitative estimate of drug-likeness (QED) is 0.0109. The number of alkyl carbamates (subject to hydrolysis) is 2. The molecule has 8 N–H and O–H groups in total. The molecule has 0 heterocycles. The van der Waals surface area contributed by atoms with Gasteiger partial charge < -0.3 is 56.0 Å². The van der Waals surface area contributed by atoms with Gasteiger partial charge in [0.2, 0.25) is 5.91 Å². The maximum absolute atomic E-state index is 13.6. The molecule has 0 fully saturated rings. The first-order valence-electron chi connectivity index (χ1n) is 35.7. The Morgan fingerprint density at radius 3 is 1.25 bits per heavy atom. The number of nitrogens with two attached hydrogens (primary N) is 1. The number of rotatable bonds is 22. The molecule has 9 aromatic rings. The number of fused-ring (bicyclic) bond motifs is 6. The lowest BCUT2D eigenvalue weighted by atomic mass is 9.84. The van der Waals surface area contributed by atoms with Crippen molar-refractivity contribution in [3.05, 3.63) is 280 Å². The van der Waals surface area contributed by atoms with Crippen LogP contribution in [0.2, 0.25) is 5.02 Å². The van der Waals surface area contributed by atoms with Crippen LogP contribution in [0.15, 0.2) is 224 Å². The molecule has 0 aliphatic heterocycles. The topological polar surface area (TPSA) is 262 Å². The van der Waals surface area contributed by atoms with Crippen LogP contribution in [0.25, 0.3) is 22.3 Å². The first kappa shape index (κ1) is 82.6. The van der Waals surface area contributed by atoms with E-state index in [4.69, 9.17) is 47.9 Å². The number of carboxylic acids is 1. The van der Waals surface area contributed by atoms with Crippen molar-refractivity contribution >= 4 is 73.7 Å². The molecule has 4 unspecified atom stereocenters. The SMILES string of the molecule is CC(C)CC(NC(=O)[C@H](Cc1ccc(O)cc1)NC(=O)OCC1c2ccccc2-c2ccccc21)C(=O)OC(C)(C)C.CC(C)C[C@H](N)C(=O)OC(C)(C)C.O=C(NC(Cc1ccc(O)cc1)C(=O)O)OCC1c2ccccc2-c2ccccc21.Pc1ccc(C(Cl)(c2ccccc2)c2ccccc2Cl)cc1. The number of benzene rings is 9. The van der Waals surface area contributed by atoms with Crippen molar-refractivity contribution in [3.8, 4) is 33.8 Å². The van der Waals surface area contributed by atoms with Crippen molar-refractivity contribution in [2.75, 3.05) is 13.2 Å². The number of phenolic OH excluding ortho intramolecular Hbond substituents is 2. The van der Waals surface area contributed by atoms with Crippen LogP contribution in [0.4, 0.5) is 9.59 Å². The minimum Gasteiger partial charge on any atom is -0.508 e. The van der Waals surface area contributed by atoms with Crippen LogP contribution in [0, 0.1) is 11.8 Å². The summed E-state index contributed by atoms with van der Waals surface area (Å²) in [7, 11) is 2.69. The van der Waals surface area contributed by atoms with E-state index in [0.29, 0.717) is 34.9 Å². The summed E-state index contributed by atoms with van der Waals surface area (Å²) in [6.45, 7) is 19.0. The summed E-state index contributed by atoms with van der Waals surface area (Å²) in [5.41, 5.74) is 17.6. The van der Waals surface area contributed by atoms with Gasteiger partial charge in [-0.3, -0.25) is 9.59 Å². The number of nitrogens with one attached hydrogen (secondary N) is 3. The Morgan fingerprint density at radius 1 is 0.467 bits per heavy atom. The molecule has 9 aromatic carbocycles. The molecule has 0 bridgehead atoms. The average Bonchev–Trinajstić information content (AvgIpc) is 1.76. The zero-order chi connectivity index (χ0) is 77.8. The molecule has 0 spiro atoms. The molecule has 2 aliphatic carbocycles. The molecular formula is C87H97Cl2N4O13P. The fourth-order valence-electron chi connectivity index (χ4n) is 12.6. The highest BCUT2D eigenvalue weighted by atomic mass is 35.5. The number of esters is 2. The molecule has 2 aliphatic rings. The molecule has 3 amide bonds. The van der Waals surface area contributed by atoms with Crippen LogP contribution in [-0.2, 0) is 55.8 Å². The Kier molecular flexibility index (Phi) is 29.3. The van der Waals surface area contributed by atoms with Crippen LogP contribution in [0.5, 0.6) is 11.5 Å². The third kappa shape index (κ3) is 23.7. The number of aliphatic carboxylic acids is 1. The summed E-state index contributed by atoms with van der Waals surface area (Å²) in [6.07, 6.45) is -0.262. The first-order chi connectivity index (χ1) is 50.8. The van der Waals surface area contributed by atoms with Crippen molar-refractivity contribution in [1.29, 1.82) is 0 Å². The lowest BCUT2D eigenvalue weighted by Gasteiger charge is -2.30. The summed E-state index contributed by atoms with van der Waals surface area (Å²) < 4.78 is 21.8. The Bertz CT molecular complexity index is 4380. The maximum Gasteiger partial charge on any atom is 0.407 e. The Morgan fingerprint density at radius 2 is 0.841 bits per heavy atom. The predicted molar refractivity (Wildman–Crippen MR) is 425 cm³/mol. The molecule has 17 nitrogen and oxygen atoms in total. The second kappa shape index (κ2) is 38.0. The van der Waals surface area contributed by atoms with E-state index in [1.54, 1.807) is 45.0 Å². The second-order valence-corrected chi connectivity index (χ2v) is 30.9. The van der Waals surface area contributed by atoms with Gasteiger partial charge in [-0.25, -0.2) is 19.2 Å². The van der Waals surface area contributed by atoms with Crippen molar-refractivity contribution < 1.29 is 63.0 Å². The number of hydrogen-bond donors (Lipinski definition) is 7. The van der Waals surface area contributed by atoms with E-state index in [1.165, 1.54) is 24.3 Å². The second-order valence-electron chi connectivity index (χ2n) is 29.2. The van der Waals surface area contributed by atoms with E-state index < -0.39 is 70.3 Å². The van der Waals surface area contributed by atoms with Crippen molar-refractivity contribution in [3.63, 3.8) is 0 Å². The monoisotopic (exact) mass is 1510 g/mol. The first-order valence-corrected chi connectivity index (χ1v) is 37.0. The number of carbonyl (C=O) groups excluding carboxylic acids is 5. The number of aromatic hydroxyl groups is 2. The number of alkyl halides is 1. The molecule has 11 rings (SSSR count). The van der Waals surface area contributed by atoms with E-state index in [1.807, 2.05) is 212 Å². The minimum atomic E-state index is -1.16. The van der Waals surface area contributed by atoms with Gasteiger partial charge in [0, 0.05) is 35.3 Å². The molecule has 0 saturated heterocycles. The molecule has 107 heavy (non-hydrogen) atoms. The van der Waals surface area contributed by atoms with Crippen LogP contribution in [0.3, 0.4) is 0 Å². The molecule has 0 radical (unpaired) electrons. The standard InChI is InChI=1S/C34H40N2O6.C24H21NO5.C19H15Cl2P.C10H21NO2/c1-21(2)18-30(32(39)42-34(3,4)5)35-31(38)29(19-22-14-16-23(37)17-15-22)36-33(40)41-20-28-26-12-8-6-10-24(26)25-11-7-9-13-27(25)28;26-16-11-9-15(10-12-16)13-22(23(27)28)25-24(29)30-14-21-19-7-3-1-5-17(19)18-6-2-4-8-20(18)21;20-18-9-5-4-8-17(18)19(21,14-6-2-1-3-7-14)15-10-12-16(22)13-11-15;1-7(2)6-8(11)9(12)13-10(3,4)5/h6-17,21,28-30,37H,18-20H2,1-5H3,(H,35,38)(H,36,40);1-12,21-22,26H,13-14H2,(H,25,29)(H,27,28);1-13H,22H2;7-8H,6,11H2,1-5H3/t29-,30?;;;8-/m0..0/s1. The van der Waals surface area contributed by atoms with Gasteiger partial charge in [0.15, 0.2) is 0 Å².